The molecule has 0 fully saturated rings. The molecule has 6 aromatic rings. The number of nitrogens with zero attached hydrogens (tertiary/aromatic N) is 1. The summed E-state index contributed by atoms with van der Waals surface area (Å²) in [6.07, 6.45) is 5.08. The third-order valence-corrected chi connectivity index (χ3v) is 11.7. The van der Waals surface area contributed by atoms with Gasteiger partial charge in [-0.3, -0.25) is 0 Å². The van der Waals surface area contributed by atoms with Gasteiger partial charge in [0.15, 0.2) is 0 Å². The molecule has 0 saturated heterocycles. The van der Waals surface area contributed by atoms with Crippen molar-refractivity contribution in [1.29, 1.82) is 0 Å². The zero-order valence-electron chi connectivity index (χ0n) is 31.8. The Morgan fingerprint density at radius 1 is 0.538 bits per heavy atom. The highest BCUT2D eigenvalue weighted by atomic mass is 32.2. The molecule has 0 atom stereocenters. The van der Waals surface area contributed by atoms with Crippen molar-refractivity contribution >= 4 is 31.6 Å². The van der Waals surface area contributed by atoms with E-state index in [1.807, 2.05) is 24.3 Å². The summed E-state index contributed by atoms with van der Waals surface area (Å²) in [5.41, 5.74) is 7.03. The summed E-state index contributed by atoms with van der Waals surface area (Å²) in [5.74, 6) is 1.59. The molecule has 0 bridgehead atoms. The van der Waals surface area contributed by atoms with Crippen LogP contribution in [0.25, 0.3) is 27.5 Å². The van der Waals surface area contributed by atoms with Crippen LogP contribution in [-0.4, -0.2) is 26.2 Å². The molecule has 5 aromatic carbocycles. The Labute approximate surface area is 310 Å². The molecule has 52 heavy (non-hydrogen) atoms. The first-order chi connectivity index (χ1) is 24.8. The van der Waals surface area contributed by atoms with E-state index in [0.29, 0.717) is 19.0 Å². The zero-order chi connectivity index (χ0) is 37.1. The van der Waals surface area contributed by atoms with Crippen LogP contribution in [0, 0.1) is 0 Å². The molecule has 0 aliphatic carbocycles. The van der Waals surface area contributed by atoms with Crippen molar-refractivity contribution in [2.24, 2.45) is 0 Å². The molecule has 0 aliphatic rings. The van der Waals surface area contributed by atoms with Crippen LogP contribution < -0.4 is 9.47 Å². The normalized spacial score (nSPS) is 12.4. The Hall–Kier alpha value is -4.55. The van der Waals surface area contributed by atoms with Gasteiger partial charge in [-0.1, -0.05) is 72.7 Å². The predicted molar refractivity (Wildman–Crippen MR) is 215 cm³/mol. The van der Waals surface area contributed by atoms with Crippen LogP contribution in [0.3, 0.4) is 0 Å². The second-order valence-corrected chi connectivity index (χ2v) is 17.8. The van der Waals surface area contributed by atoms with E-state index in [2.05, 4.69) is 102 Å². The number of hydrogen-bond donors (Lipinski definition) is 0. The summed E-state index contributed by atoms with van der Waals surface area (Å²) in [5, 5.41) is 2.40. The molecular weight excluding hydrogens is 663 g/mol. The van der Waals surface area contributed by atoms with Crippen LogP contribution in [0.2, 0.25) is 0 Å². The van der Waals surface area contributed by atoms with Gasteiger partial charge in [0, 0.05) is 16.5 Å². The van der Waals surface area contributed by atoms with E-state index in [4.69, 9.17) is 9.47 Å². The molecule has 272 valence electrons. The first-order valence-corrected chi connectivity index (χ1v) is 20.1. The number of unbranched alkanes of at least 4 members (excludes halogenated alkanes) is 3. The number of sulfone groups is 1. The molecule has 1 aromatic heterocycles. The lowest BCUT2D eigenvalue weighted by Gasteiger charge is -2.19. The fraction of sp³-hybridized carbons (Fsp3) is 0.348. The van der Waals surface area contributed by atoms with Crippen LogP contribution in [0.4, 0.5) is 0 Å². The van der Waals surface area contributed by atoms with Crippen LogP contribution in [0.15, 0.2) is 119 Å². The van der Waals surface area contributed by atoms with Crippen LogP contribution in [-0.2, 0) is 27.1 Å². The van der Waals surface area contributed by atoms with Crippen molar-refractivity contribution in [2.45, 2.75) is 101 Å². The minimum atomic E-state index is -3.71. The maximum Gasteiger partial charge on any atom is 0.206 e. The van der Waals surface area contributed by atoms with Gasteiger partial charge in [0.2, 0.25) is 9.84 Å². The number of hydrogen-bond acceptors (Lipinski definition) is 4. The lowest BCUT2D eigenvalue weighted by atomic mass is 9.85. The lowest BCUT2D eigenvalue weighted by Crippen LogP contribution is -2.10. The minimum Gasteiger partial charge on any atom is -0.494 e. The summed E-state index contributed by atoms with van der Waals surface area (Å²) in [4.78, 5) is 0.510. The smallest absolute Gasteiger partial charge is 0.206 e. The monoisotopic (exact) mass is 715 g/mol. The van der Waals surface area contributed by atoms with Crippen LogP contribution >= 0.6 is 0 Å². The maximum atomic E-state index is 13.7. The summed E-state index contributed by atoms with van der Waals surface area (Å²) in [6, 6.07) is 35.8. The standard InChI is InChI=1S/C46H53NO4S/c1-8-33-13-19-37(20-14-33)50-29-11-9-10-12-30-51-38-21-25-40(26-22-38)52(48,49)39-23-17-36(18-24-39)47-43-27-15-34(45(2,3)4)31-41(43)42-32-35(46(5,6)7)16-28-44(42)47/h13-28,31-32H,8-12,29-30H2,1-7H3. The predicted octanol–water partition coefficient (Wildman–Crippen LogP) is 11.8. The minimum absolute atomic E-state index is 0.0167. The molecule has 6 rings (SSSR count). The van der Waals surface area contributed by atoms with E-state index in [9.17, 15) is 8.42 Å². The van der Waals surface area contributed by atoms with E-state index >= 15 is 0 Å². The number of aromatic nitrogens is 1. The van der Waals surface area contributed by atoms with Crippen LogP contribution in [0.5, 0.6) is 11.5 Å². The highest BCUT2D eigenvalue weighted by molar-refractivity contribution is 7.91. The topological polar surface area (TPSA) is 57.5 Å². The molecule has 0 N–H and O–H groups in total. The molecule has 0 radical (unpaired) electrons. The van der Waals surface area contributed by atoms with Crippen molar-refractivity contribution in [3.8, 4) is 17.2 Å². The quantitative estimate of drug-likeness (QED) is 0.112. The van der Waals surface area contributed by atoms with Gasteiger partial charge in [0.05, 0.1) is 34.0 Å². The van der Waals surface area contributed by atoms with Gasteiger partial charge < -0.3 is 14.0 Å². The van der Waals surface area contributed by atoms with Crippen molar-refractivity contribution in [3.05, 3.63) is 126 Å². The highest BCUT2D eigenvalue weighted by Crippen LogP contribution is 2.38. The van der Waals surface area contributed by atoms with E-state index in [1.54, 1.807) is 36.4 Å². The van der Waals surface area contributed by atoms with Gasteiger partial charge >= 0.3 is 0 Å². The molecule has 0 amide bonds. The summed E-state index contributed by atoms with van der Waals surface area (Å²) >= 11 is 0. The summed E-state index contributed by atoms with van der Waals surface area (Å²) < 4.78 is 41.4. The second-order valence-electron chi connectivity index (χ2n) is 15.9. The Morgan fingerprint density at radius 2 is 0.962 bits per heavy atom. The van der Waals surface area contributed by atoms with Gasteiger partial charge in [0.1, 0.15) is 11.5 Å². The van der Waals surface area contributed by atoms with Crippen molar-refractivity contribution in [3.63, 3.8) is 0 Å². The maximum absolute atomic E-state index is 13.7. The average Bonchev–Trinajstić information content (AvgIpc) is 3.45. The summed E-state index contributed by atoms with van der Waals surface area (Å²) in [7, 11) is -3.71. The largest absolute Gasteiger partial charge is 0.494 e. The Kier molecular flexibility index (Phi) is 10.9. The average molecular weight is 716 g/mol. The number of rotatable bonds is 13. The van der Waals surface area contributed by atoms with E-state index in [-0.39, 0.29) is 20.6 Å². The number of benzene rings is 5. The molecule has 0 saturated carbocycles. The Morgan fingerprint density at radius 3 is 1.38 bits per heavy atom. The lowest BCUT2D eigenvalue weighted by molar-refractivity contribution is 0.287. The molecule has 0 spiro atoms. The number of fused-ring (bicyclic) bond motifs is 3. The van der Waals surface area contributed by atoms with Crippen molar-refractivity contribution in [1.82, 2.24) is 4.57 Å². The number of aryl methyl sites for hydroxylation is 1. The second kappa shape index (κ2) is 15.2. The highest BCUT2D eigenvalue weighted by Gasteiger charge is 2.22. The third kappa shape index (κ3) is 8.23. The SMILES string of the molecule is CCc1ccc(OCCCCCCOc2ccc(S(=O)(=O)c3ccc(-n4c5ccc(C(C)(C)C)cc5c5cc(C(C)(C)C)ccc54)cc3)cc2)cc1. The van der Waals surface area contributed by atoms with Crippen LogP contribution in [0.1, 0.15) is 90.8 Å². The summed E-state index contributed by atoms with van der Waals surface area (Å²) in [6.45, 7) is 16.9. The van der Waals surface area contributed by atoms with E-state index < -0.39 is 9.84 Å². The molecule has 6 heteroatoms. The van der Waals surface area contributed by atoms with Crippen molar-refractivity contribution in [2.75, 3.05) is 13.2 Å². The fourth-order valence-corrected chi connectivity index (χ4v) is 7.88. The molecule has 5 nitrogen and oxygen atoms in total. The van der Waals surface area contributed by atoms with E-state index in [0.717, 1.165) is 54.6 Å². The van der Waals surface area contributed by atoms with Crippen molar-refractivity contribution < 1.29 is 17.9 Å². The van der Waals surface area contributed by atoms with Gasteiger partial charge in [-0.15, -0.1) is 0 Å². The third-order valence-electron chi connectivity index (χ3n) is 9.94. The first-order valence-electron chi connectivity index (χ1n) is 18.6. The molecule has 0 aliphatic heterocycles. The zero-order valence-corrected chi connectivity index (χ0v) is 32.6. The van der Waals surface area contributed by atoms with Gasteiger partial charge in [-0.05, 0) is 145 Å². The van der Waals surface area contributed by atoms with E-state index in [1.165, 1.54) is 27.5 Å². The Bertz CT molecular complexity index is 2160. The van der Waals surface area contributed by atoms with Gasteiger partial charge in [0.25, 0.3) is 0 Å². The van der Waals surface area contributed by atoms with Gasteiger partial charge in [-0.2, -0.15) is 0 Å². The molecule has 1 heterocycles. The first kappa shape index (κ1) is 37.2. The van der Waals surface area contributed by atoms with Gasteiger partial charge in [-0.25, -0.2) is 8.42 Å². The Balaban J connectivity index is 1.10. The fourth-order valence-electron chi connectivity index (χ4n) is 6.62. The molecular formula is C46H53NO4S. The molecule has 0 unspecified atom stereocenters. The number of ether oxygens (including phenoxy) is 2.